The SMILES string of the molecule is O=C(Nc1ccccc1N1CCCCC1)c1ccc(Cl)c(N2CCCC2=O)c1. The minimum Gasteiger partial charge on any atom is -0.370 e. The van der Waals surface area contributed by atoms with E-state index in [1.807, 2.05) is 18.2 Å². The van der Waals surface area contributed by atoms with Crippen molar-refractivity contribution in [3.05, 3.63) is 53.1 Å². The van der Waals surface area contributed by atoms with Gasteiger partial charge < -0.3 is 15.1 Å². The number of hydrogen-bond acceptors (Lipinski definition) is 3. The zero-order valence-electron chi connectivity index (χ0n) is 15.8. The van der Waals surface area contributed by atoms with Crippen LogP contribution in [0.15, 0.2) is 42.5 Å². The summed E-state index contributed by atoms with van der Waals surface area (Å²) in [5, 5.41) is 3.53. The molecule has 2 amide bonds. The summed E-state index contributed by atoms with van der Waals surface area (Å²) in [5.74, 6) is -0.149. The number of rotatable bonds is 4. The van der Waals surface area contributed by atoms with E-state index < -0.39 is 0 Å². The van der Waals surface area contributed by atoms with Crippen LogP contribution in [0, 0.1) is 0 Å². The van der Waals surface area contributed by atoms with Crippen molar-refractivity contribution in [2.24, 2.45) is 0 Å². The zero-order valence-corrected chi connectivity index (χ0v) is 16.5. The molecule has 4 rings (SSSR count). The van der Waals surface area contributed by atoms with E-state index in [2.05, 4.69) is 16.3 Å². The molecule has 2 aliphatic rings. The van der Waals surface area contributed by atoms with Crippen LogP contribution in [0.3, 0.4) is 0 Å². The summed E-state index contributed by atoms with van der Waals surface area (Å²) in [4.78, 5) is 29.0. The van der Waals surface area contributed by atoms with Gasteiger partial charge in [0.2, 0.25) is 5.91 Å². The molecule has 0 unspecified atom stereocenters. The largest absolute Gasteiger partial charge is 0.370 e. The number of halogens is 1. The van der Waals surface area contributed by atoms with Crippen molar-refractivity contribution in [2.45, 2.75) is 32.1 Å². The summed E-state index contributed by atoms with van der Waals surface area (Å²) in [6.07, 6.45) is 4.94. The van der Waals surface area contributed by atoms with Crippen LogP contribution in [0.25, 0.3) is 0 Å². The van der Waals surface area contributed by atoms with Crippen molar-refractivity contribution in [1.82, 2.24) is 0 Å². The molecule has 2 aromatic rings. The van der Waals surface area contributed by atoms with E-state index >= 15 is 0 Å². The summed E-state index contributed by atoms with van der Waals surface area (Å²) in [7, 11) is 0. The Hall–Kier alpha value is -2.53. The number of carbonyl (C=O) groups is 2. The van der Waals surface area contributed by atoms with Crippen molar-refractivity contribution in [3.63, 3.8) is 0 Å². The highest BCUT2D eigenvalue weighted by molar-refractivity contribution is 6.34. The van der Waals surface area contributed by atoms with E-state index in [1.54, 1.807) is 23.1 Å². The normalized spacial score (nSPS) is 17.1. The third-order valence-electron chi connectivity index (χ3n) is 5.42. The lowest BCUT2D eigenvalue weighted by atomic mass is 10.1. The number of anilines is 3. The Morgan fingerprint density at radius 3 is 2.46 bits per heavy atom. The number of hydrogen-bond donors (Lipinski definition) is 1. The average molecular weight is 398 g/mol. The highest BCUT2D eigenvalue weighted by Gasteiger charge is 2.25. The molecule has 0 radical (unpaired) electrons. The quantitative estimate of drug-likeness (QED) is 0.812. The predicted octanol–water partition coefficient (Wildman–Crippen LogP) is 4.71. The lowest BCUT2D eigenvalue weighted by molar-refractivity contribution is -0.117. The molecule has 0 spiro atoms. The summed E-state index contributed by atoms with van der Waals surface area (Å²) in [5.41, 5.74) is 2.97. The zero-order chi connectivity index (χ0) is 19.5. The van der Waals surface area contributed by atoms with Gasteiger partial charge in [-0.3, -0.25) is 9.59 Å². The Bertz CT molecular complexity index is 893. The third-order valence-corrected chi connectivity index (χ3v) is 5.74. The molecule has 0 atom stereocenters. The maximum absolute atomic E-state index is 12.9. The Kier molecular flexibility index (Phi) is 5.53. The minimum atomic E-state index is -0.200. The smallest absolute Gasteiger partial charge is 0.255 e. The van der Waals surface area contributed by atoms with E-state index in [4.69, 9.17) is 11.6 Å². The first-order chi connectivity index (χ1) is 13.6. The van der Waals surface area contributed by atoms with Gasteiger partial charge in [0.15, 0.2) is 0 Å². The Balaban J connectivity index is 1.57. The number of piperidine rings is 1. The molecular weight excluding hydrogens is 374 g/mol. The maximum Gasteiger partial charge on any atom is 0.255 e. The summed E-state index contributed by atoms with van der Waals surface area (Å²) >= 11 is 6.30. The van der Waals surface area contributed by atoms with Gasteiger partial charge in [0.05, 0.1) is 22.1 Å². The van der Waals surface area contributed by atoms with Crippen LogP contribution < -0.4 is 15.1 Å². The van der Waals surface area contributed by atoms with Gasteiger partial charge in [-0.25, -0.2) is 0 Å². The predicted molar refractivity (Wildman–Crippen MR) is 113 cm³/mol. The minimum absolute atomic E-state index is 0.0508. The van der Waals surface area contributed by atoms with Crippen molar-refractivity contribution < 1.29 is 9.59 Å². The standard InChI is InChI=1S/C22H24ClN3O2/c23-17-11-10-16(15-20(17)26-14-6-9-21(26)27)22(28)24-18-7-2-3-8-19(18)25-12-4-1-5-13-25/h2-3,7-8,10-11,15H,1,4-6,9,12-14H2,(H,24,28). The van der Waals surface area contributed by atoms with Crippen molar-refractivity contribution in [1.29, 1.82) is 0 Å². The number of amides is 2. The van der Waals surface area contributed by atoms with Crippen molar-refractivity contribution in [2.75, 3.05) is 34.8 Å². The van der Waals surface area contributed by atoms with Crippen molar-refractivity contribution >= 4 is 40.5 Å². The molecule has 2 aliphatic heterocycles. The maximum atomic E-state index is 12.9. The molecule has 146 valence electrons. The van der Waals surface area contributed by atoms with Gasteiger partial charge in [-0.1, -0.05) is 23.7 Å². The lowest BCUT2D eigenvalue weighted by Gasteiger charge is -2.30. The summed E-state index contributed by atoms with van der Waals surface area (Å²) < 4.78 is 0. The summed E-state index contributed by atoms with van der Waals surface area (Å²) in [6, 6.07) is 13.0. The number of nitrogens with zero attached hydrogens (tertiary/aromatic N) is 2. The molecule has 0 bridgehead atoms. The molecule has 28 heavy (non-hydrogen) atoms. The fourth-order valence-corrected chi connectivity index (χ4v) is 4.17. The molecule has 0 aliphatic carbocycles. The molecule has 2 saturated heterocycles. The van der Waals surface area contributed by atoms with Crippen LogP contribution in [0.2, 0.25) is 5.02 Å². The Labute approximate surface area is 170 Å². The summed E-state index contributed by atoms with van der Waals surface area (Å²) in [6.45, 7) is 2.66. The number of nitrogens with one attached hydrogen (secondary N) is 1. The van der Waals surface area contributed by atoms with Crippen LogP contribution in [0.5, 0.6) is 0 Å². The Morgan fingerprint density at radius 2 is 1.71 bits per heavy atom. The lowest BCUT2D eigenvalue weighted by Crippen LogP contribution is -2.30. The highest BCUT2D eigenvalue weighted by Crippen LogP contribution is 2.32. The van der Waals surface area contributed by atoms with Crippen LogP contribution in [0.1, 0.15) is 42.5 Å². The second-order valence-corrected chi connectivity index (χ2v) is 7.74. The highest BCUT2D eigenvalue weighted by atomic mass is 35.5. The fourth-order valence-electron chi connectivity index (χ4n) is 3.95. The first kappa shape index (κ1) is 18.8. The van der Waals surface area contributed by atoms with E-state index in [0.29, 0.717) is 29.2 Å². The number of benzene rings is 2. The third kappa shape index (κ3) is 3.85. The van der Waals surface area contributed by atoms with Gasteiger partial charge in [0.25, 0.3) is 5.91 Å². The van der Waals surface area contributed by atoms with E-state index in [9.17, 15) is 9.59 Å². The fraction of sp³-hybridized carbons (Fsp3) is 0.364. The average Bonchev–Trinajstić information content (AvgIpc) is 3.15. The van der Waals surface area contributed by atoms with Gasteiger partial charge in [0, 0.05) is 31.6 Å². The first-order valence-corrected chi connectivity index (χ1v) is 10.3. The monoisotopic (exact) mass is 397 g/mol. The van der Waals surface area contributed by atoms with Gasteiger partial charge in [-0.15, -0.1) is 0 Å². The van der Waals surface area contributed by atoms with Gasteiger partial charge >= 0.3 is 0 Å². The molecule has 2 fully saturated rings. The number of carbonyl (C=O) groups excluding carboxylic acids is 2. The van der Waals surface area contributed by atoms with Gasteiger partial charge in [-0.2, -0.15) is 0 Å². The second-order valence-electron chi connectivity index (χ2n) is 7.33. The molecule has 0 saturated carbocycles. The Morgan fingerprint density at radius 1 is 0.929 bits per heavy atom. The molecular formula is C22H24ClN3O2. The van der Waals surface area contributed by atoms with Crippen LogP contribution in [-0.2, 0) is 4.79 Å². The van der Waals surface area contributed by atoms with E-state index in [0.717, 1.165) is 30.9 Å². The topological polar surface area (TPSA) is 52.7 Å². The number of para-hydroxylation sites is 2. The van der Waals surface area contributed by atoms with E-state index in [-0.39, 0.29) is 11.8 Å². The molecule has 2 heterocycles. The molecule has 1 N–H and O–H groups in total. The van der Waals surface area contributed by atoms with Crippen LogP contribution in [0.4, 0.5) is 17.1 Å². The van der Waals surface area contributed by atoms with Gasteiger partial charge in [-0.05, 0) is 56.0 Å². The first-order valence-electron chi connectivity index (χ1n) is 9.89. The molecule has 5 nitrogen and oxygen atoms in total. The molecule has 6 heteroatoms. The molecule has 0 aromatic heterocycles. The van der Waals surface area contributed by atoms with E-state index in [1.165, 1.54) is 19.3 Å². The van der Waals surface area contributed by atoms with Crippen LogP contribution >= 0.6 is 11.6 Å². The van der Waals surface area contributed by atoms with Crippen LogP contribution in [-0.4, -0.2) is 31.4 Å². The van der Waals surface area contributed by atoms with Crippen molar-refractivity contribution in [3.8, 4) is 0 Å². The molecule has 2 aromatic carbocycles. The second kappa shape index (κ2) is 8.23. The van der Waals surface area contributed by atoms with Gasteiger partial charge in [0.1, 0.15) is 0 Å².